The van der Waals surface area contributed by atoms with Gasteiger partial charge in [-0.1, -0.05) is 56.3 Å². The van der Waals surface area contributed by atoms with Crippen LogP contribution in [0.2, 0.25) is 0 Å². The number of carbonyl (C=O) groups is 2. The van der Waals surface area contributed by atoms with Gasteiger partial charge in [-0.15, -0.1) is 0 Å². The molecule has 0 bridgehead atoms. The van der Waals surface area contributed by atoms with Crippen molar-refractivity contribution in [3.05, 3.63) is 95.6 Å². The van der Waals surface area contributed by atoms with Gasteiger partial charge < -0.3 is 5.11 Å². The van der Waals surface area contributed by atoms with E-state index < -0.39 is 28.4 Å². The normalized spacial score (nSPS) is 11.5. The largest absolute Gasteiger partial charge is 0.478 e. The number of nitrogens with zero attached hydrogens (tertiary/aromatic N) is 2. The van der Waals surface area contributed by atoms with Crippen LogP contribution in [-0.4, -0.2) is 38.2 Å². The maximum atomic E-state index is 13.3. The number of carboxylic acid groups (broad SMARTS) is 1. The second kappa shape index (κ2) is 10.8. The molecule has 8 nitrogen and oxygen atoms in total. The molecule has 3 aromatic carbocycles. The van der Waals surface area contributed by atoms with Gasteiger partial charge in [0.05, 0.1) is 22.4 Å². The van der Waals surface area contributed by atoms with E-state index in [4.69, 9.17) is 5.11 Å². The molecule has 0 radical (unpaired) electrons. The van der Waals surface area contributed by atoms with Crippen LogP contribution in [0.15, 0.2) is 88.9 Å². The molecule has 0 atom stereocenters. The van der Waals surface area contributed by atoms with E-state index in [1.165, 1.54) is 30.5 Å². The molecule has 0 saturated carbocycles. The lowest BCUT2D eigenvalue weighted by Gasteiger charge is -2.24. The molecule has 9 heteroatoms. The van der Waals surface area contributed by atoms with Crippen molar-refractivity contribution < 1.29 is 23.1 Å². The van der Waals surface area contributed by atoms with Gasteiger partial charge in [-0.3, -0.25) is 9.10 Å². The smallest absolute Gasteiger partial charge is 0.335 e. The molecule has 0 aromatic heterocycles. The number of carbonyl (C=O) groups excluding carboxylic acids is 1. The van der Waals surface area contributed by atoms with Crippen molar-refractivity contribution in [2.45, 2.75) is 24.7 Å². The van der Waals surface area contributed by atoms with Crippen molar-refractivity contribution in [1.82, 2.24) is 5.43 Å². The van der Waals surface area contributed by atoms with Gasteiger partial charge >= 0.3 is 5.97 Å². The second-order valence-corrected chi connectivity index (χ2v) is 9.65. The molecule has 0 heterocycles. The van der Waals surface area contributed by atoms with E-state index in [2.05, 4.69) is 10.5 Å². The van der Waals surface area contributed by atoms with Gasteiger partial charge in [0.2, 0.25) is 0 Å². The molecule has 34 heavy (non-hydrogen) atoms. The maximum Gasteiger partial charge on any atom is 0.335 e. The summed E-state index contributed by atoms with van der Waals surface area (Å²) in [5.74, 6) is -1.40. The second-order valence-electron chi connectivity index (χ2n) is 7.79. The van der Waals surface area contributed by atoms with Crippen LogP contribution in [0.1, 0.15) is 41.3 Å². The minimum atomic E-state index is -4.01. The number of amides is 1. The summed E-state index contributed by atoms with van der Waals surface area (Å²) in [7, 11) is -4.01. The minimum absolute atomic E-state index is 0.0674. The molecule has 0 unspecified atom stereocenters. The third-order valence-electron chi connectivity index (χ3n) is 5.03. The van der Waals surface area contributed by atoms with Crippen molar-refractivity contribution in [2.24, 2.45) is 5.10 Å². The quantitative estimate of drug-likeness (QED) is 0.357. The highest BCUT2D eigenvalue weighted by atomic mass is 32.2. The van der Waals surface area contributed by atoms with Gasteiger partial charge in [-0.05, 0) is 53.4 Å². The monoisotopic (exact) mass is 479 g/mol. The van der Waals surface area contributed by atoms with E-state index in [-0.39, 0.29) is 16.4 Å². The average Bonchev–Trinajstić information content (AvgIpc) is 2.83. The summed E-state index contributed by atoms with van der Waals surface area (Å²) in [5.41, 5.74) is 4.44. The molecule has 0 aliphatic carbocycles. The van der Waals surface area contributed by atoms with Gasteiger partial charge in [0, 0.05) is 0 Å². The molecule has 3 aromatic rings. The fourth-order valence-corrected chi connectivity index (χ4v) is 4.56. The molecule has 0 saturated heterocycles. The number of rotatable bonds is 9. The highest BCUT2D eigenvalue weighted by Gasteiger charge is 2.27. The lowest BCUT2D eigenvalue weighted by atomic mass is 10.0. The summed E-state index contributed by atoms with van der Waals surface area (Å²) in [6.45, 7) is 3.59. The van der Waals surface area contributed by atoms with E-state index in [0.717, 1.165) is 9.87 Å². The summed E-state index contributed by atoms with van der Waals surface area (Å²) in [6.07, 6.45) is 1.34. The molecular weight excluding hydrogens is 454 g/mol. The van der Waals surface area contributed by atoms with E-state index in [1.54, 1.807) is 42.5 Å². The van der Waals surface area contributed by atoms with Crippen LogP contribution in [0.5, 0.6) is 0 Å². The Labute approximate surface area is 198 Å². The van der Waals surface area contributed by atoms with Crippen LogP contribution in [0, 0.1) is 0 Å². The third kappa shape index (κ3) is 6.08. The van der Waals surface area contributed by atoms with Crippen LogP contribution in [0.4, 0.5) is 5.69 Å². The number of benzene rings is 3. The zero-order valence-electron chi connectivity index (χ0n) is 18.8. The molecule has 3 rings (SSSR count). The summed E-state index contributed by atoms with van der Waals surface area (Å²) in [5, 5.41) is 12.8. The minimum Gasteiger partial charge on any atom is -0.478 e. The highest BCUT2D eigenvalue weighted by molar-refractivity contribution is 7.92. The predicted octanol–water partition coefficient (Wildman–Crippen LogP) is 3.85. The highest BCUT2D eigenvalue weighted by Crippen LogP contribution is 2.25. The molecule has 0 aliphatic heterocycles. The fourth-order valence-electron chi connectivity index (χ4n) is 3.12. The molecule has 176 valence electrons. The Hall–Kier alpha value is -3.98. The molecule has 0 fully saturated rings. The first-order valence-electron chi connectivity index (χ1n) is 10.5. The van der Waals surface area contributed by atoms with Gasteiger partial charge in [-0.25, -0.2) is 18.6 Å². The lowest BCUT2D eigenvalue weighted by molar-refractivity contribution is -0.119. The number of hydrogen-bond acceptors (Lipinski definition) is 5. The van der Waals surface area contributed by atoms with Gasteiger partial charge in [0.25, 0.3) is 15.9 Å². The summed E-state index contributed by atoms with van der Waals surface area (Å²) >= 11 is 0. The van der Waals surface area contributed by atoms with Crippen molar-refractivity contribution in [1.29, 1.82) is 0 Å². The summed E-state index contributed by atoms with van der Waals surface area (Å²) in [4.78, 5) is 23.6. The Balaban J connectivity index is 1.80. The zero-order chi connectivity index (χ0) is 24.7. The van der Waals surface area contributed by atoms with Crippen molar-refractivity contribution in [3.8, 4) is 0 Å². The molecule has 0 aliphatic rings. The number of nitrogens with one attached hydrogen (secondary N) is 1. The van der Waals surface area contributed by atoms with E-state index in [9.17, 15) is 18.0 Å². The SMILES string of the molecule is CC(C)c1ccc(N(CC(=O)N/N=C\c2ccc(C(=O)O)cc2)S(=O)(=O)c2ccccc2)cc1. The topological polar surface area (TPSA) is 116 Å². The molecule has 1 amide bonds. The van der Waals surface area contributed by atoms with Crippen LogP contribution in [0.25, 0.3) is 0 Å². The Bertz CT molecular complexity index is 1270. The standard InChI is InChI=1S/C25H25N3O5S/c1-18(2)20-12-14-22(15-13-20)28(34(32,33)23-6-4-3-5-7-23)17-24(29)27-26-16-19-8-10-21(11-9-19)25(30)31/h3-16,18H,17H2,1-2H3,(H,27,29)(H,30,31)/b26-16-. The Morgan fingerprint density at radius 2 is 1.59 bits per heavy atom. The first-order chi connectivity index (χ1) is 16.2. The van der Waals surface area contributed by atoms with Crippen molar-refractivity contribution in [3.63, 3.8) is 0 Å². The van der Waals surface area contributed by atoms with Gasteiger partial charge in [0.15, 0.2) is 0 Å². The third-order valence-corrected chi connectivity index (χ3v) is 6.81. The number of hydrazone groups is 1. The van der Waals surface area contributed by atoms with Crippen molar-refractivity contribution >= 4 is 33.8 Å². The zero-order valence-corrected chi connectivity index (χ0v) is 19.6. The van der Waals surface area contributed by atoms with E-state index in [1.807, 2.05) is 26.0 Å². The van der Waals surface area contributed by atoms with E-state index >= 15 is 0 Å². The average molecular weight is 480 g/mol. The Morgan fingerprint density at radius 3 is 2.15 bits per heavy atom. The molecule has 2 N–H and O–H groups in total. The summed E-state index contributed by atoms with van der Waals surface area (Å²) < 4.78 is 27.7. The number of carboxylic acids is 1. The Morgan fingerprint density at radius 1 is 0.971 bits per heavy atom. The number of sulfonamides is 1. The maximum absolute atomic E-state index is 13.3. The van der Waals surface area contributed by atoms with Crippen molar-refractivity contribution in [2.75, 3.05) is 10.8 Å². The van der Waals surface area contributed by atoms with Crippen LogP contribution >= 0.6 is 0 Å². The first-order valence-corrected chi connectivity index (χ1v) is 12.0. The van der Waals surface area contributed by atoms with Gasteiger partial charge in [-0.2, -0.15) is 5.10 Å². The number of aromatic carboxylic acids is 1. The van der Waals surface area contributed by atoms with Gasteiger partial charge in [0.1, 0.15) is 6.54 Å². The lowest BCUT2D eigenvalue weighted by Crippen LogP contribution is -2.39. The summed E-state index contributed by atoms with van der Waals surface area (Å²) in [6, 6.07) is 20.8. The number of anilines is 1. The van der Waals surface area contributed by atoms with Crippen LogP contribution in [0.3, 0.4) is 0 Å². The molecule has 0 spiro atoms. The number of hydrogen-bond donors (Lipinski definition) is 2. The van der Waals surface area contributed by atoms with Crippen LogP contribution in [-0.2, 0) is 14.8 Å². The van der Waals surface area contributed by atoms with Crippen LogP contribution < -0.4 is 9.73 Å². The fraction of sp³-hybridized carbons (Fsp3) is 0.160. The first kappa shape index (κ1) is 24.7. The predicted molar refractivity (Wildman–Crippen MR) is 131 cm³/mol. The van der Waals surface area contributed by atoms with E-state index in [0.29, 0.717) is 11.3 Å². The Kier molecular flexibility index (Phi) is 7.80. The molecular formula is C25H25N3O5S.